The third kappa shape index (κ3) is 1.12. The lowest BCUT2D eigenvalue weighted by Crippen LogP contribution is -1.75. The zero-order chi connectivity index (χ0) is 9.38. The number of aromatic nitrogens is 2. The quantitative estimate of drug-likeness (QED) is 0.609. The molecule has 3 aromatic rings. The van der Waals surface area contributed by atoms with Crippen molar-refractivity contribution in [3.05, 3.63) is 36.9 Å². The fraction of sp³-hybridized carbons (Fsp3) is 0. The molecule has 0 unspecified atom stereocenters. The third-order valence-corrected chi connectivity index (χ3v) is 2.80. The van der Waals surface area contributed by atoms with Gasteiger partial charge in [0.15, 0.2) is 0 Å². The van der Waals surface area contributed by atoms with Gasteiger partial charge in [-0.05, 0) is 23.7 Å². The van der Waals surface area contributed by atoms with Gasteiger partial charge in [0.1, 0.15) is 6.26 Å². The van der Waals surface area contributed by atoms with E-state index in [-0.39, 0.29) is 0 Å². The fourth-order valence-corrected chi connectivity index (χ4v) is 2.04. The zero-order valence-electron chi connectivity index (χ0n) is 7.18. The molecule has 0 saturated heterocycles. The van der Waals surface area contributed by atoms with Crippen LogP contribution < -0.4 is 0 Å². The van der Waals surface area contributed by atoms with Gasteiger partial charge in [-0.2, -0.15) is 4.37 Å². The molecular formula is C10H6N2OS. The van der Waals surface area contributed by atoms with Gasteiger partial charge in [0.05, 0.1) is 10.9 Å². The summed E-state index contributed by atoms with van der Waals surface area (Å²) < 4.78 is 10.5. The van der Waals surface area contributed by atoms with Gasteiger partial charge < -0.3 is 4.42 Å². The molecule has 0 spiro atoms. The maximum Gasteiger partial charge on any atom is 0.225 e. The number of rotatable bonds is 1. The summed E-state index contributed by atoms with van der Waals surface area (Å²) in [6.07, 6.45) is 5.08. The van der Waals surface area contributed by atoms with Crippen LogP contribution in [0.4, 0.5) is 0 Å². The second-order valence-corrected chi connectivity index (χ2v) is 3.75. The molecule has 0 amide bonds. The van der Waals surface area contributed by atoms with Crippen LogP contribution in [0.1, 0.15) is 0 Å². The molecule has 2 aromatic heterocycles. The fourth-order valence-electron chi connectivity index (χ4n) is 1.36. The highest BCUT2D eigenvalue weighted by atomic mass is 32.1. The molecule has 0 N–H and O–H groups in total. The molecule has 2 heterocycles. The van der Waals surface area contributed by atoms with E-state index < -0.39 is 0 Å². The second kappa shape index (κ2) is 2.92. The highest BCUT2D eigenvalue weighted by Crippen LogP contribution is 2.25. The highest BCUT2D eigenvalue weighted by Gasteiger charge is 2.03. The Morgan fingerprint density at radius 2 is 2.29 bits per heavy atom. The van der Waals surface area contributed by atoms with Crippen molar-refractivity contribution in [2.24, 2.45) is 0 Å². The summed E-state index contributed by atoms with van der Waals surface area (Å²) in [7, 11) is 0. The normalized spacial score (nSPS) is 10.9. The Balaban J connectivity index is 2.23. The molecule has 0 radical (unpaired) electrons. The van der Waals surface area contributed by atoms with Crippen LogP contribution >= 0.6 is 11.5 Å². The molecule has 0 bridgehead atoms. The van der Waals surface area contributed by atoms with Crippen molar-refractivity contribution in [3.8, 4) is 11.5 Å². The Bertz CT molecular complexity index is 556. The molecule has 3 nitrogen and oxygen atoms in total. The van der Waals surface area contributed by atoms with Crippen molar-refractivity contribution in [2.75, 3.05) is 0 Å². The van der Waals surface area contributed by atoms with Crippen molar-refractivity contribution in [1.82, 2.24) is 9.36 Å². The Hall–Kier alpha value is -1.68. The predicted octanol–water partition coefficient (Wildman–Crippen LogP) is 2.95. The third-order valence-electron chi connectivity index (χ3n) is 2.04. The zero-order valence-corrected chi connectivity index (χ0v) is 7.99. The van der Waals surface area contributed by atoms with E-state index in [2.05, 4.69) is 9.36 Å². The minimum atomic E-state index is 0.653. The molecule has 1 aromatic carbocycles. The summed E-state index contributed by atoms with van der Waals surface area (Å²) >= 11 is 1.48. The van der Waals surface area contributed by atoms with Gasteiger partial charge in [-0.15, -0.1) is 0 Å². The number of oxazole rings is 1. The second-order valence-electron chi connectivity index (χ2n) is 2.92. The van der Waals surface area contributed by atoms with E-state index in [9.17, 15) is 0 Å². The Morgan fingerprint density at radius 3 is 3.14 bits per heavy atom. The summed E-state index contributed by atoms with van der Waals surface area (Å²) in [5.74, 6) is 0.653. The highest BCUT2D eigenvalue weighted by molar-refractivity contribution is 7.13. The first kappa shape index (κ1) is 7.70. The first-order chi connectivity index (χ1) is 6.93. The average Bonchev–Trinajstić information content (AvgIpc) is 2.88. The van der Waals surface area contributed by atoms with Crippen molar-refractivity contribution in [1.29, 1.82) is 0 Å². The summed E-state index contributed by atoms with van der Waals surface area (Å²) in [5.41, 5.74) is 0.992. The van der Waals surface area contributed by atoms with Crippen LogP contribution in [0.2, 0.25) is 0 Å². The van der Waals surface area contributed by atoms with Crippen LogP contribution in [0.15, 0.2) is 41.3 Å². The Morgan fingerprint density at radius 1 is 1.29 bits per heavy atom. The maximum atomic E-state index is 5.22. The van der Waals surface area contributed by atoms with E-state index in [0.717, 1.165) is 15.6 Å². The monoisotopic (exact) mass is 202 g/mol. The Labute approximate surface area is 84.2 Å². The summed E-state index contributed by atoms with van der Waals surface area (Å²) in [6, 6.07) is 6.06. The molecule has 0 aliphatic carbocycles. The van der Waals surface area contributed by atoms with Crippen LogP contribution in [0, 0.1) is 0 Å². The molecule has 0 atom stereocenters. The number of hydrogen-bond donors (Lipinski definition) is 0. The van der Waals surface area contributed by atoms with Crippen LogP contribution in [-0.4, -0.2) is 9.36 Å². The molecule has 0 aliphatic heterocycles. The SMILES string of the molecule is c1coc(-c2ccc3cnsc3c2)n1. The molecule has 4 heteroatoms. The van der Waals surface area contributed by atoms with E-state index >= 15 is 0 Å². The molecule has 68 valence electrons. The average molecular weight is 202 g/mol. The van der Waals surface area contributed by atoms with E-state index in [4.69, 9.17) is 4.42 Å². The van der Waals surface area contributed by atoms with E-state index in [1.54, 1.807) is 12.5 Å². The van der Waals surface area contributed by atoms with E-state index in [1.165, 1.54) is 11.5 Å². The Kier molecular flexibility index (Phi) is 1.61. The molecule has 3 rings (SSSR count). The number of nitrogens with zero attached hydrogens (tertiary/aromatic N) is 2. The van der Waals surface area contributed by atoms with Crippen molar-refractivity contribution in [3.63, 3.8) is 0 Å². The lowest BCUT2D eigenvalue weighted by molar-refractivity contribution is 0.574. The topological polar surface area (TPSA) is 38.9 Å². The lowest BCUT2D eigenvalue weighted by atomic mass is 10.2. The maximum absolute atomic E-state index is 5.22. The van der Waals surface area contributed by atoms with E-state index in [1.807, 2.05) is 24.4 Å². The van der Waals surface area contributed by atoms with Gasteiger partial charge in [0.2, 0.25) is 5.89 Å². The molecule has 0 fully saturated rings. The minimum Gasteiger partial charge on any atom is -0.445 e. The van der Waals surface area contributed by atoms with E-state index in [0.29, 0.717) is 5.89 Å². The minimum absolute atomic E-state index is 0.653. The summed E-state index contributed by atoms with van der Waals surface area (Å²) in [6.45, 7) is 0. The molecule has 0 aliphatic rings. The molecular weight excluding hydrogens is 196 g/mol. The van der Waals surface area contributed by atoms with Crippen LogP contribution in [-0.2, 0) is 0 Å². The van der Waals surface area contributed by atoms with Crippen molar-refractivity contribution in [2.45, 2.75) is 0 Å². The van der Waals surface area contributed by atoms with Crippen LogP contribution in [0.3, 0.4) is 0 Å². The van der Waals surface area contributed by atoms with Crippen LogP contribution in [0.5, 0.6) is 0 Å². The summed E-state index contributed by atoms with van der Waals surface area (Å²) in [4.78, 5) is 4.10. The predicted molar refractivity (Wildman–Crippen MR) is 55.1 cm³/mol. The first-order valence-electron chi connectivity index (χ1n) is 4.18. The standard InChI is InChI=1S/C10H6N2OS/c1-2-8-6-12-14-9(8)5-7(1)10-11-3-4-13-10/h1-6H. The summed E-state index contributed by atoms with van der Waals surface area (Å²) in [5, 5.41) is 1.16. The van der Waals surface area contributed by atoms with Gasteiger partial charge in [-0.1, -0.05) is 6.07 Å². The molecule has 0 saturated carbocycles. The lowest BCUT2D eigenvalue weighted by Gasteiger charge is -1.94. The van der Waals surface area contributed by atoms with Gasteiger partial charge in [0.25, 0.3) is 0 Å². The van der Waals surface area contributed by atoms with Gasteiger partial charge in [0, 0.05) is 17.1 Å². The van der Waals surface area contributed by atoms with Crippen molar-refractivity contribution >= 4 is 21.6 Å². The van der Waals surface area contributed by atoms with Gasteiger partial charge in [-0.25, -0.2) is 4.98 Å². The van der Waals surface area contributed by atoms with Crippen LogP contribution in [0.25, 0.3) is 21.5 Å². The molecule has 14 heavy (non-hydrogen) atoms. The van der Waals surface area contributed by atoms with Crippen molar-refractivity contribution < 1.29 is 4.42 Å². The number of fused-ring (bicyclic) bond motifs is 1. The van der Waals surface area contributed by atoms with Gasteiger partial charge in [-0.3, -0.25) is 0 Å². The van der Waals surface area contributed by atoms with Gasteiger partial charge >= 0.3 is 0 Å². The smallest absolute Gasteiger partial charge is 0.225 e. The number of hydrogen-bond acceptors (Lipinski definition) is 4. The largest absolute Gasteiger partial charge is 0.445 e. The first-order valence-corrected chi connectivity index (χ1v) is 4.95. The number of benzene rings is 1.